The van der Waals surface area contributed by atoms with Gasteiger partial charge in [0.25, 0.3) is 5.91 Å². The molecule has 31 heavy (non-hydrogen) atoms. The summed E-state index contributed by atoms with van der Waals surface area (Å²) in [7, 11) is -3.86. The van der Waals surface area contributed by atoms with Crippen molar-refractivity contribution in [1.82, 2.24) is 0 Å². The molecule has 3 N–H and O–H groups in total. The lowest BCUT2D eigenvalue weighted by atomic mass is 10.1. The highest BCUT2D eigenvalue weighted by molar-refractivity contribution is 7.89. The van der Waals surface area contributed by atoms with Crippen molar-refractivity contribution in [3.05, 3.63) is 54.3 Å². The number of anilines is 2. The zero-order valence-electron chi connectivity index (χ0n) is 16.4. The number of esters is 1. The van der Waals surface area contributed by atoms with E-state index in [0.717, 1.165) is 0 Å². The van der Waals surface area contributed by atoms with E-state index in [2.05, 4.69) is 5.32 Å². The number of hydrogen-bond donors (Lipinski definition) is 2. The van der Waals surface area contributed by atoms with E-state index in [-0.39, 0.29) is 29.2 Å². The zero-order valence-corrected chi connectivity index (χ0v) is 17.3. The van der Waals surface area contributed by atoms with Gasteiger partial charge in [0, 0.05) is 18.7 Å². The fraction of sp³-hybridized carbons (Fsp3) is 0.250. The Bertz CT molecular complexity index is 1120. The molecule has 3 rings (SSSR count). The maximum absolute atomic E-state index is 14.0. The van der Waals surface area contributed by atoms with Crippen molar-refractivity contribution in [3.63, 3.8) is 0 Å². The van der Waals surface area contributed by atoms with E-state index in [1.807, 2.05) is 0 Å². The second kappa shape index (κ2) is 8.82. The molecule has 0 unspecified atom stereocenters. The number of hydrogen-bond acceptors (Lipinski definition) is 6. The lowest BCUT2D eigenvalue weighted by Gasteiger charge is -2.18. The van der Waals surface area contributed by atoms with Gasteiger partial charge in [-0.05, 0) is 43.3 Å². The number of sulfonamides is 1. The van der Waals surface area contributed by atoms with Crippen LogP contribution in [-0.4, -0.2) is 38.9 Å². The first-order valence-corrected chi connectivity index (χ1v) is 10.8. The Morgan fingerprint density at radius 3 is 2.45 bits per heavy atom. The van der Waals surface area contributed by atoms with E-state index in [1.54, 1.807) is 6.07 Å². The SMILES string of the molecule is C[C@H](OC(=O)[C@@H]1CC(=O)N(c2ccccc2F)C1)C(=O)Nc1ccc(S(N)(=O)=O)cc1. The van der Waals surface area contributed by atoms with Gasteiger partial charge in [-0.15, -0.1) is 0 Å². The van der Waals surface area contributed by atoms with Crippen molar-refractivity contribution in [2.75, 3.05) is 16.8 Å². The molecule has 164 valence electrons. The first-order valence-electron chi connectivity index (χ1n) is 9.25. The quantitative estimate of drug-likeness (QED) is 0.640. The van der Waals surface area contributed by atoms with Gasteiger partial charge in [0.1, 0.15) is 5.82 Å². The number of amides is 2. The molecule has 1 saturated heterocycles. The number of nitrogens with two attached hydrogens (primary N) is 1. The third-order valence-corrected chi connectivity index (χ3v) is 5.64. The first-order chi connectivity index (χ1) is 14.6. The summed E-state index contributed by atoms with van der Waals surface area (Å²) in [6.45, 7) is 1.30. The molecule has 2 amide bonds. The number of halogens is 1. The van der Waals surface area contributed by atoms with Crippen molar-refractivity contribution in [2.45, 2.75) is 24.3 Å². The smallest absolute Gasteiger partial charge is 0.312 e. The predicted octanol–water partition coefficient (Wildman–Crippen LogP) is 1.40. The third kappa shape index (κ3) is 5.25. The largest absolute Gasteiger partial charge is 0.452 e. The minimum Gasteiger partial charge on any atom is -0.452 e. The van der Waals surface area contributed by atoms with Crippen LogP contribution >= 0.6 is 0 Å². The number of rotatable bonds is 6. The van der Waals surface area contributed by atoms with Crippen LogP contribution in [0.2, 0.25) is 0 Å². The maximum Gasteiger partial charge on any atom is 0.312 e. The van der Waals surface area contributed by atoms with Gasteiger partial charge in [0.15, 0.2) is 6.10 Å². The van der Waals surface area contributed by atoms with Crippen LogP contribution in [0.5, 0.6) is 0 Å². The Morgan fingerprint density at radius 1 is 1.19 bits per heavy atom. The number of benzene rings is 2. The molecule has 0 aliphatic carbocycles. The Kier molecular flexibility index (Phi) is 6.37. The van der Waals surface area contributed by atoms with Gasteiger partial charge in [-0.2, -0.15) is 0 Å². The van der Waals surface area contributed by atoms with Crippen LogP contribution in [0.4, 0.5) is 15.8 Å². The molecule has 0 aromatic heterocycles. The molecular formula is C20H20FN3O6S. The normalized spacial score (nSPS) is 17.3. The van der Waals surface area contributed by atoms with Crippen LogP contribution in [-0.2, 0) is 29.1 Å². The van der Waals surface area contributed by atoms with Crippen molar-refractivity contribution < 1.29 is 31.9 Å². The number of para-hydroxylation sites is 1. The summed E-state index contributed by atoms with van der Waals surface area (Å²) in [5, 5.41) is 7.50. The lowest BCUT2D eigenvalue weighted by Crippen LogP contribution is -2.33. The van der Waals surface area contributed by atoms with Gasteiger partial charge in [-0.3, -0.25) is 14.4 Å². The summed E-state index contributed by atoms with van der Waals surface area (Å²) >= 11 is 0. The monoisotopic (exact) mass is 449 g/mol. The van der Waals surface area contributed by atoms with E-state index in [9.17, 15) is 27.2 Å². The molecule has 1 aliphatic rings. The lowest BCUT2D eigenvalue weighted by molar-refractivity contribution is -0.157. The van der Waals surface area contributed by atoms with Crippen LogP contribution in [0.1, 0.15) is 13.3 Å². The summed E-state index contributed by atoms with van der Waals surface area (Å²) in [5.74, 6) is -3.23. The maximum atomic E-state index is 14.0. The topological polar surface area (TPSA) is 136 Å². The van der Waals surface area contributed by atoms with Crippen LogP contribution in [0.3, 0.4) is 0 Å². The average Bonchev–Trinajstić information content (AvgIpc) is 3.09. The molecule has 11 heteroatoms. The molecule has 1 fully saturated rings. The molecule has 0 radical (unpaired) electrons. The molecule has 1 aliphatic heterocycles. The molecule has 1 heterocycles. The van der Waals surface area contributed by atoms with Crippen LogP contribution < -0.4 is 15.4 Å². The molecule has 0 spiro atoms. The summed E-state index contributed by atoms with van der Waals surface area (Å²) in [5.41, 5.74) is 0.360. The van der Waals surface area contributed by atoms with Gasteiger partial charge in [0.05, 0.1) is 16.5 Å². The third-order valence-electron chi connectivity index (χ3n) is 4.71. The predicted molar refractivity (Wildman–Crippen MR) is 109 cm³/mol. The second-order valence-corrected chi connectivity index (χ2v) is 8.56. The molecule has 2 atom stereocenters. The number of nitrogens with zero attached hydrogens (tertiary/aromatic N) is 1. The summed E-state index contributed by atoms with van der Waals surface area (Å²) in [6.07, 6.45) is -1.33. The number of nitrogens with one attached hydrogen (secondary N) is 1. The highest BCUT2D eigenvalue weighted by atomic mass is 32.2. The molecular weight excluding hydrogens is 429 g/mol. The van der Waals surface area contributed by atoms with Gasteiger partial charge in [-0.1, -0.05) is 12.1 Å². The van der Waals surface area contributed by atoms with Crippen molar-refractivity contribution in [1.29, 1.82) is 0 Å². The van der Waals surface area contributed by atoms with Crippen molar-refractivity contribution in [2.24, 2.45) is 11.1 Å². The standard InChI is InChI=1S/C20H20FN3O6S/c1-12(19(26)23-14-6-8-15(9-7-14)31(22,28)29)30-20(27)13-10-18(25)24(11-13)17-5-3-2-4-16(17)21/h2-9,12-13H,10-11H2,1H3,(H,23,26)(H2,22,28,29)/t12-,13+/m0/s1. The number of primary sulfonamides is 1. The minimum absolute atomic E-state index is 0.0536. The molecule has 2 aromatic carbocycles. The Morgan fingerprint density at radius 2 is 1.84 bits per heavy atom. The average molecular weight is 449 g/mol. The van der Waals surface area contributed by atoms with E-state index in [0.29, 0.717) is 0 Å². The van der Waals surface area contributed by atoms with Crippen LogP contribution in [0.25, 0.3) is 0 Å². The van der Waals surface area contributed by atoms with E-state index in [4.69, 9.17) is 9.88 Å². The highest BCUT2D eigenvalue weighted by Gasteiger charge is 2.38. The van der Waals surface area contributed by atoms with E-state index in [1.165, 1.54) is 54.3 Å². The molecule has 9 nitrogen and oxygen atoms in total. The van der Waals surface area contributed by atoms with Crippen LogP contribution in [0, 0.1) is 11.7 Å². The molecule has 2 aromatic rings. The number of carbonyl (C=O) groups excluding carboxylic acids is 3. The van der Waals surface area contributed by atoms with E-state index < -0.39 is 45.6 Å². The molecule has 0 saturated carbocycles. The van der Waals surface area contributed by atoms with E-state index >= 15 is 0 Å². The zero-order chi connectivity index (χ0) is 22.8. The first kappa shape index (κ1) is 22.4. The Hall–Kier alpha value is -3.31. The summed E-state index contributed by atoms with van der Waals surface area (Å²) in [4.78, 5) is 38.0. The number of carbonyl (C=O) groups is 3. The van der Waals surface area contributed by atoms with Gasteiger partial charge in [-0.25, -0.2) is 17.9 Å². The number of ether oxygens (including phenoxy) is 1. The Labute approximate surface area is 178 Å². The van der Waals surface area contributed by atoms with Crippen LogP contribution in [0.15, 0.2) is 53.4 Å². The van der Waals surface area contributed by atoms with Crippen molar-refractivity contribution in [3.8, 4) is 0 Å². The van der Waals surface area contributed by atoms with Gasteiger partial charge < -0.3 is 15.0 Å². The minimum atomic E-state index is -3.86. The fourth-order valence-electron chi connectivity index (χ4n) is 3.06. The van der Waals surface area contributed by atoms with Gasteiger partial charge >= 0.3 is 5.97 Å². The fourth-order valence-corrected chi connectivity index (χ4v) is 3.58. The summed E-state index contributed by atoms with van der Waals surface area (Å²) < 4.78 is 41.6. The van der Waals surface area contributed by atoms with Gasteiger partial charge in [0.2, 0.25) is 15.9 Å². The second-order valence-electron chi connectivity index (χ2n) is 6.99. The Balaban J connectivity index is 1.58. The highest BCUT2D eigenvalue weighted by Crippen LogP contribution is 2.28. The van der Waals surface area contributed by atoms with Crippen molar-refractivity contribution >= 4 is 39.2 Å². The molecule has 0 bridgehead atoms. The summed E-state index contributed by atoms with van der Waals surface area (Å²) in [6, 6.07) is 10.9.